The molecule has 3 nitrogen and oxygen atoms in total. The van der Waals surface area contributed by atoms with Crippen LogP contribution >= 0.6 is 0 Å². The highest BCUT2D eigenvalue weighted by Crippen LogP contribution is 2.32. The zero-order chi connectivity index (χ0) is 18.4. The zero-order valence-corrected chi connectivity index (χ0v) is 14.9. The summed E-state index contributed by atoms with van der Waals surface area (Å²) in [7, 11) is 0. The fraction of sp³-hybridized carbons (Fsp3) is 0.400. The van der Waals surface area contributed by atoms with Crippen molar-refractivity contribution >= 4 is 0 Å². The second-order valence-electron chi connectivity index (χ2n) is 6.18. The largest absolute Gasteiger partial charge is 0.490 e. The summed E-state index contributed by atoms with van der Waals surface area (Å²) in [4.78, 5) is 0. The highest BCUT2D eigenvalue weighted by atomic mass is 19.1. The van der Waals surface area contributed by atoms with Gasteiger partial charge in [0.25, 0.3) is 0 Å². The van der Waals surface area contributed by atoms with E-state index in [9.17, 15) is 8.78 Å². The Morgan fingerprint density at radius 2 is 1.80 bits per heavy atom. The Morgan fingerprint density at radius 1 is 1.04 bits per heavy atom. The van der Waals surface area contributed by atoms with Gasteiger partial charge < -0.3 is 15.2 Å². The molecule has 0 aliphatic rings. The average molecular weight is 349 g/mol. The van der Waals surface area contributed by atoms with Gasteiger partial charge in [0.2, 0.25) is 0 Å². The van der Waals surface area contributed by atoms with Gasteiger partial charge in [-0.2, -0.15) is 0 Å². The third-order valence-corrected chi connectivity index (χ3v) is 3.84. The van der Waals surface area contributed by atoms with E-state index >= 15 is 0 Å². The summed E-state index contributed by atoms with van der Waals surface area (Å²) in [5.41, 5.74) is 7.21. The molecule has 2 aromatic carbocycles. The van der Waals surface area contributed by atoms with Crippen LogP contribution in [0.3, 0.4) is 0 Å². The number of halogens is 2. The van der Waals surface area contributed by atoms with Crippen LogP contribution in [-0.2, 0) is 6.42 Å². The van der Waals surface area contributed by atoms with E-state index < -0.39 is 11.6 Å². The first kappa shape index (κ1) is 19.2. The van der Waals surface area contributed by atoms with Crippen LogP contribution in [0, 0.1) is 11.6 Å². The Labute approximate surface area is 147 Å². The summed E-state index contributed by atoms with van der Waals surface area (Å²) >= 11 is 0. The van der Waals surface area contributed by atoms with Gasteiger partial charge in [-0.15, -0.1) is 0 Å². The number of hydrogen-bond donors (Lipinski definition) is 1. The Bertz CT molecular complexity index is 704. The molecule has 2 rings (SSSR count). The third kappa shape index (κ3) is 5.16. The van der Waals surface area contributed by atoms with Crippen molar-refractivity contribution in [1.29, 1.82) is 0 Å². The molecule has 0 aliphatic carbocycles. The molecular formula is C20H25F2NO2. The number of benzene rings is 2. The van der Waals surface area contributed by atoms with Gasteiger partial charge in [0.15, 0.2) is 11.5 Å². The summed E-state index contributed by atoms with van der Waals surface area (Å²) in [5.74, 6) is -0.0695. The monoisotopic (exact) mass is 349 g/mol. The molecule has 0 aliphatic heterocycles. The molecule has 0 aromatic heterocycles. The van der Waals surface area contributed by atoms with Crippen molar-refractivity contribution in [2.24, 2.45) is 5.73 Å². The fourth-order valence-electron chi connectivity index (χ4n) is 2.74. The minimum absolute atomic E-state index is 0.0372. The number of hydrogen-bond acceptors (Lipinski definition) is 3. The van der Waals surface area contributed by atoms with E-state index in [1.54, 1.807) is 0 Å². The molecule has 0 bridgehead atoms. The van der Waals surface area contributed by atoms with Gasteiger partial charge in [-0.05, 0) is 63.1 Å². The molecule has 5 heteroatoms. The lowest BCUT2D eigenvalue weighted by Crippen LogP contribution is -2.16. The summed E-state index contributed by atoms with van der Waals surface area (Å²) in [6.45, 7) is 6.58. The van der Waals surface area contributed by atoms with E-state index in [0.29, 0.717) is 30.1 Å². The lowest BCUT2D eigenvalue weighted by Gasteiger charge is -2.19. The van der Waals surface area contributed by atoms with Crippen molar-refractivity contribution in [3.63, 3.8) is 0 Å². The van der Waals surface area contributed by atoms with Gasteiger partial charge in [0.05, 0.1) is 12.7 Å². The number of ether oxygens (including phenoxy) is 2. The normalized spacial score (nSPS) is 12.3. The predicted octanol–water partition coefficient (Wildman–Crippen LogP) is 4.44. The highest BCUT2D eigenvalue weighted by molar-refractivity contribution is 5.44. The van der Waals surface area contributed by atoms with Crippen LogP contribution in [0.4, 0.5) is 8.78 Å². The molecule has 0 amide bonds. The van der Waals surface area contributed by atoms with E-state index in [-0.39, 0.29) is 18.6 Å². The van der Waals surface area contributed by atoms with Gasteiger partial charge in [-0.1, -0.05) is 12.1 Å². The van der Waals surface area contributed by atoms with Crippen molar-refractivity contribution in [3.05, 3.63) is 59.2 Å². The summed E-state index contributed by atoms with van der Waals surface area (Å²) in [6, 6.07) is 9.28. The molecule has 0 radical (unpaired) electrons. The van der Waals surface area contributed by atoms with Crippen LogP contribution in [0.5, 0.6) is 11.5 Å². The Balaban J connectivity index is 2.26. The summed E-state index contributed by atoms with van der Waals surface area (Å²) < 4.78 is 38.6. The number of nitrogens with two attached hydrogens (primary N) is 1. The van der Waals surface area contributed by atoms with Gasteiger partial charge >= 0.3 is 0 Å². The highest BCUT2D eigenvalue weighted by Gasteiger charge is 2.17. The maximum atomic E-state index is 14.1. The Hall–Kier alpha value is -2.14. The molecule has 0 spiro atoms. The standard InChI is InChI=1S/C20H25F2NO2/c1-4-24-20-10-14(5-8-19(20)25-13(2)3)9-15(12-23)17-7-6-16(21)11-18(17)22/h5-8,10-11,13,15H,4,9,12,23H2,1-3H3. The average Bonchev–Trinajstić information content (AvgIpc) is 2.55. The Morgan fingerprint density at radius 3 is 2.40 bits per heavy atom. The number of rotatable bonds is 8. The van der Waals surface area contributed by atoms with Crippen LogP contribution in [-0.4, -0.2) is 19.3 Å². The van der Waals surface area contributed by atoms with Crippen LogP contribution in [0.25, 0.3) is 0 Å². The quantitative estimate of drug-likeness (QED) is 0.766. The van der Waals surface area contributed by atoms with Crippen molar-refractivity contribution in [3.8, 4) is 11.5 Å². The van der Waals surface area contributed by atoms with Crippen molar-refractivity contribution in [2.75, 3.05) is 13.2 Å². The van der Waals surface area contributed by atoms with Crippen molar-refractivity contribution < 1.29 is 18.3 Å². The molecule has 2 N–H and O–H groups in total. The molecule has 136 valence electrons. The van der Waals surface area contributed by atoms with E-state index in [2.05, 4.69) is 0 Å². The van der Waals surface area contributed by atoms with E-state index in [1.807, 2.05) is 39.0 Å². The predicted molar refractivity (Wildman–Crippen MR) is 95.2 cm³/mol. The molecule has 25 heavy (non-hydrogen) atoms. The first-order valence-corrected chi connectivity index (χ1v) is 8.52. The Kier molecular flexibility index (Phi) is 6.76. The molecule has 2 aromatic rings. The van der Waals surface area contributed by atoms with Gasteiger partial charge in [-0.25, -0.2) is 8.78 Å². The molecule has 1 unspecified atom stereocenters. The van der Waals surface area contributed by atoms with Crippen molar-refractivity contribution in [1.82, 2.24) is 0 Å². The topological polar surface area (TPSA) is 44.5 Å². The molecule has 1 atom stereocenters. The van der Waals surface area contributed by atoms with Crippen molar-refractivity contribution in [2.45, 2.75) is 39.2 Å². The fourth-order valence-corrected chi connectivity index (χ4v) is 2.74. The van der Waals surface area contributed by atoms with Gasteiger partial charge in [0, 0.05) is 12.0 Å². The minimum atomic E-state index is -0.592. The maximum Gasteiger partial charge on any atom is 0.161 e. The molecule has 0 saturated heterocycles. The van der Waals surface area contributed by atoms with E-state index in [1.165, 1.54) is 12.1 Å². The maximum absolute atomic E-state index is 14.1. The molecule has 0 heterocycles. The van der Waals surface area contributed by atoms with Crippen LogP contribution in [0.15, 0.2) is 36.4 Å². The second kappa shape index (κ2) is 8.81. The lowest BCUT2D eigenvalue weighted by atomic mass is 9.91. The minimum Gasteiger partial charge on any atom is -0.490 e. The van der Waals surface area contributed by atoms with Crippen LogP contribution in [0.2, 0.25) is 0 Å². The van der Waals surface area contributed by atoms with Gasteiger partial charge in [0.1, 0.15) is 11.6 Å². The second-order valence-corrected chi connectivity index (χ2v) is 6.18. The third-order valence-electron chi connectivity index (χ3n) is 3.84. The zero-order valence-electron chi connectivity index (χ0n) is 14.9. The van der Waals surface area contributed by atoms with E-state index in [4.69, 9.17) is 15.2 Å². The first-order valence-electron chi connectivity index (χ1n) is 8.52. The smallest absolute Gasteiger partial charge is 0.161 e. The lowest BCUT2D eigenvalue weighted by molar-refractivity contribution is 0.223. The molecule has 0 fully saturated rings. The summed E-state index contributed by atoms with van der Waals surface area (Å²) in [6.07, 6.45) is 0.566. The van der Waals surface area contributed by atoms with E-state index in [0.717, 1.165) is 11.6 Å². The van der Waals surface area contributed by atoms with Crippen LogP contribution < -0.4 is 15.2 Å². The molecule has 0 saturated carbocycles. The SMILES string of the molecule is CCOc1cc(CC(CN)c2ccc(F)cc2F)ccc1OC(C)C. The van der Waals surface area contributed by atoms with Gasteiger partial charge in [-0.3, -0.25) is 0 Å². The van der Waals surface area contributed by atoms with Crippen LogP contribution in [0.1, 0.15) is 37.8 Å². The first-order chi connectivity index (χ1) is 11.9. The molecular weight excluding hydrogens is 324 g/mol. The summed E-state index contributed by atoms with van der Waals surface area (Å²) in [5, 5.41) is 0.